The summed E-state index contributed by atoms with van der Waals surface area (Å²) in [5.41, 5.74) is 3.51. The van der Waals surface area contributed by atoms with Gasteiger partial charge < -0.3 is 4.42 Å². The monoisotopic (exact) mass is 541 g/mol. The summed E-state index contributed by atoms with van der Waals surface area (Å²) >= 11 is 7.69. The van der Waals surface area contributed by atoms with Gasteiger partial charge in [-0.05, 0) is 65.9 Å². The number of halogens is 1. The zero-order valence-electron chi connectivity index (χ0n) is 20.5. The second-order valence-electron chi connectivity index (χ2n) is 8.85. The molecule has 2 aromatic heterocycles. The lowest BCUT2D eigenvalue weighted by Gasteiger charge is -2.31. The van der Waals surface area contributed by atoms with Gasteiger partial charge in [-0.25, -0.2) is 4.90 Å². The molecule has 0 aliphatic carbocycles. The highest BCUT2D eigenvalue weighted by atomic mass is 35.5. The molecule has 0 saturated carbocycles. The first-order chi connectivity index (χ1) is 18.5. The van der Waals surface area contributed by atoms with Gasteiger partial charge in [-0.15, -0.1) is 0 Å². The number of carbonyl (C=O) groups excluding carboxylic acids is 1. The molecular weight excluding hydrogens is 520 g/mol. The molecule has 3 aromatic carbocycles. The predicted octanol–water partition coefficient (Wildman–Crippen LogP) is 5.88. The largest absolute Gasteiger partial charge is 0.452 e. The standard InChI is InChI=1S/C29H21ClN4O3S/c1-17-12-13-19(16-21(17)30)23-14-15-24(37-23)27-33(28(36)18-8-4-3-5-9-18)22-11-7-6-10-20(22)25-26(35)31-29(38-2)32-34(25)27/h3-16,27H,1-2H3/p+1/t27-/m0/s1. The number of amides is 1. The number of aryl methyl sites for hydroxylation is 1. The average Bonchev–Trinajstić information content (AvgIpc) is 3.43. The van der Waals surface area contributed by atoms with E-state index in [-0.39, 0.29) is 11.5 Å². The van der Waals surface area contributed by atoms with Crippen LogP contribution in [-0.2, 0) is 0 Å². The van der Waals surface area contributed by atoms with Gasteiger partial charge in [0.25, 0.3) is 5.91 Å². The van der Waals surface area contributed by atoms with Crippen LogP contribution < -0.4 is 15.1 Å². The molecular formula is C29H22ClN4O3S+. The van der Waals surface area contributed by atoms with Gasteiger partial charge in [0.2, 0.25) is 5.16 Å². The number of anilines is 1. The highest BCUT2D eigenvalue weighted by molar-refractivity contribution is 7.98. The topological polar surface area (TPSA) is 83.1 Å². The van der Waals surface area contributed by atoms with E-state index < -0.39 is 6.17 Å². The molecule has 0 radical (unpaired) electrons. The fourth-order valence-electron chi connectivity index (χ4n) is 4.65. The van der Waals surface area contributed by atoms with Crippen molar-refractivity contribution in [3.05, 3.63) is 117 Å². The Bertz CT molecular complexity index is 1750. The maximum Gasteiger partial charge on any atom is 0.325 e. The molecule has 1 aliphatic rings. The second kappa shape index (κ2) is 9.63. The van der Waals surface area contributed by atoms with Gasteiger partial charge in [0, 0.05) is 21.2 Å². The smallest absolute Gasteiger partial charge is 0.325 e. The first kappa shape index (κ1) is 24.2. The Balaban J connectivity index is 1.60. The van der Waals surface area contributed by atoms with Crippen molar-refractivity contribution in [1.82, 2.24) is 10.1 Å². The predicted molar refractivity (Wildman–Crippen MR) is 148 cm³/mol. The quantitative estimate of drug-likeness (QED) is 0.227. The van der Waals surface area contributed by atoms with Crippen molar-refractivity contribution in [2.24, 2.45) is 0 Å². The molecule has 0 saturated heterocycles. The molecule has 188 valence electrons. The number of hydrogen-bond acceptors (Lipinski definition) is 5. The molecule has 38 heavy (non-hydrogen) atoms. The maximum atomic E-state index is 14.1. The molecule has 5 aromatic rings. The fourth-order valence-corrected chi connectivity index (χ4v) is 5.20. The van der Waals surface area contributed by atoms with Gasteiger partial charge in [-0.2, -0.15) is 0 Å². The van der Waals surface area contributed by atoms with Crippen LogP contribution in [0.2, 0.25) is 5.02 Å². The lowest BCUT2D eigenvalue weighted by molar-refractivity contribution is -0.764. The van der Waals surface area contributed by atoms with E-state index in [1.807, 2.05) is 86.0 Å². The van der Waals surface area contributed by atoms with Crippen molar-refractivity contribution in [1.29, 1.82) is 0 Å². The van der Waals surface area contributed by atoms with E-state index in [1.54, 1.807) is 21.7 Å². The number of rotatable bonds is 4. The summed E-state index contributed by atoms with van der Waals surface area (Å²) in [5, 5.41) is 5.79. The molecule has 7 nitrogen and oxygen atoms in total. The summed E-state index contributed by atoms with van der Waals surface area (Å²) in [5.74, 6) is 0.794. The van der Waals surface area contributed by atoms with Crippen molar-refractivity contribution in [2.45, 2.75) is 18.2 Å². The highest BCUT2D eigenvalue weighted by Gasteiger charge is 2.47. The summed E-state index contributed by atoms with van der Waals surface area (Å²) in [6, 6.07) is 25.7. The Morgan fingerprint density at radius 3 is 2.58 bits per heavy atom. The van der Waals surface area contributed by atoms with E-state index in [0.29, 0.717) is 44.2 Å². The maximum absolute atomic E-state index is 14.1. The zero-order chi connectivity index (χ0) is 26.4. The van der Waals surface area contributed by atoms with Gasteiger partial charge in [-0.1, -0.05) is 65.8 Å². The number of nitrogens with zero attached hydrogens (tertiary/aromatic N) is 3. The fraction of sp³-hybridized carbons (Fsp3) is 0.103. The average molecular weight is 542 g/mol. The van der Waals surface area contributed by atoms with Gasteiger partial charge in [0.05, 0.1) is 11.3 Å². The molecule has 1 atom stereocenters. The van der Waals surface area contributed by atoms with Gasteiger partial charge in [-0.3, -0.25) is 14.6 Å². The van der Waals surface area contributed by atoms with Crippen molar-refractivity contribution in [3.8, 4) is 22.6 Å². The molecule has 0 spiro atoms. The third-order valence-electron chi connectivity index (χ3n) is 6.53. The van der Waals surface area contributed by atoms with Crippen LogP contribution in [0.15, 0.2) is 99.3 Å². The Kier molecular flexibility index (Phi) is 6.13. The number of furan rings is 1. The van der Waals surface area contributed by atoms with Crippen molar-refractivity contribution in [3.63, 3.8) is 0 Å². The number of thioether (sulfide) groups is 1. The van der Waals surface area contributed by atoms with Crippen LogP contribution in [0.3, 0.4) is 0 Å². The molecule has 1 N–H and O–H groups in total. The second-order valence-corrected chi connectivity index (χ2v) is 10.1. The highest BCUT2D eigenvalue weighted by Crippen LogP contribution is 2.39. The number of para-hydroxylation sites is 1. The third-order valence-corrected chi connectivity index (χ3v) is 7.51. The molecule has 6 rings (SSSR count). The minimum atomic E-state index is -0.851. The van der Waals surface area contributed by atoms with Gasteiger partial charge >= 0.3 is 17.4 Å². The number of aromatic nitrogens is 3. The minimum absolute atomic E-state index is 0.245. The molecule has 0 bridgehead atoms. The van der Waals surface area contributed by atoms with Crippen LogP contribution in [0.4, 0.5) is 5.69 Å². The lowest BCUT2D eigenvalue weighted by Crippen LogP contribution is -2.60. The Labute approximate surface area is 227 Å². The van der Waals surface area contributed by atoms with E-state index in [4.69, 9.17) is 21.1 Å². The lowest BCUT2D eigenvalue weighted by atomic mass is 10.0. The number of carbonyl (C=O) groups is 1. The summed E-state index contributed by atoms with van der Waals surface area (Å²) in [6.45, 7) is 1.94. The summed E-state index contributed by atoms with van der Waals surface area (Å²) < 4.78 is 7.96. The number of benzene rings is 3. The van der Waals surface area contributed by atoms with E-state index in [0.717, 1.165) is 11.1 Å². The molecule has 1 aliphatic heterocycles. The van der Waals surface area contributed by atoms with Crippen molar-refractivity contribution >= 4 is 35.0 Å². The molecule has 0 fully saturated rings. The van der Waals surface area contributed by atoms with Gasteiger partial charge in [0.15, 0.2) is 5.76 Å². The van der Waals surface area contributed by atoms with Crippen LogP contribution in [-0.4, -0.2) is 22.2 Å². The van der Waals surface area contributed by atoms with E-state index in [1.165, 1.54) is 11.8 Å². The molecule has 0 unspecified atom stereocenters. The van der Waals surface area contributed by atoms with E-state index >= 15 is 0 Å². The van der Waals surface area contributed by atoms with Crippen LogP contribution in [0, 0.1) is 6.92 Å². The number of nitrogens with one attached hydrogen (secondary N) is 1. The minimum Gasteiger partial charge on any atom is -0.452 e. The first-order valence-corrected chi connectivity index (χ1v) is 13.5. The molecule has 1 amide bonds. The van der Waals surface area contributed by atoms with E-state index in [9.17, 15) is 9.59 Å². The van der Waals surface area contributed by atoms with Crippen LogP contribution in [0.1, 0.15) is 27.8 Å². The zero-order valence-corrected chi connectivity index (χ0v) is 22.1. The van der Waals surface area contributed by atoms with Crippen LogP contribution >= 0.6 is 23.4 Å². The number of aromatic amines is 1. The Morgan fingerprint density at radius 2 is 1.82 bits per heavy atom. The summed E-state index contributed by atoms with van der Waals surface area (Å²) in [7, 11) is 0. The summed E-state index contributed by atoms with van der Waals surface area (Å²) in [6.07, 6.45) is 0.978. The number of hydrogen-bond donors (Lipinski definition) is 1. The number of H-pyrrole nitrogens is 1. The summed E-state index contributed by atoms with van der Waals surface area (Å²) in [4.78, 5) is 31.9. The first-order valence-electron chi connectivity index (χ1n) is 11.9. The van der Waals surface area contributed by atoms with Crippen molar-refractivity contribution < 1.29 is 13.9 Å². The SMILES string of the molecule is CSc1n[n+]2c(c(=O)[nH]1)-c1ccccc1N(C(=O)c1ccccc1)[C@@H]2c1ccc(-c2ccc(C)c(Cl)c2)o1. The van der Waals surface area contributed by atoms with Crippen LogP contribution in [0.25, 0.3) is 22.6 Å². The Morgan fingerprint density at radius 1 is 1.05 bits per heavy atom. The molecule has 9 heteroatoms. The normalized spacial score (nSPS) is 14.2. The van der Waals surface area contributed by atoms with Gasteiger partial charge in [0.1, 0.15) is 5.76 Å². The van der Waals surface area contributed by atoms with Crippen molar-refractivity contribution in [2.75, 3.05) is 11.2 Å². The van der Waals surface area contributed by atoms with Crippen LogP contribution in [0.5, 0.6) is 0 Å². The van der Waals surface area contributed by atoms with E-state index in [2.05, 4.69) is 4.98 Å². The molecule has 3 heterocycles. The Hall–Kier alpha value is -4.14. The third kappa shape index (κ3) is 4.02. The number of fused-ring (bicyclic) bond motifs is 3.